The number of fused-ring (bicyclic) bond motifs is 1. The molecule has 0 aliphatic carbocycles. The lowest BCUT2D eigenvalue weighted by molar-refractivity contribution is -0.348. The van der Waals surface area contributed by atoms with Gasteiger partial charge in [-0.1, -0.05) is 42.8 Å². The maximum atomic E-state index is 14.7. The van der Waals surface area contributed by atoms with E-state index in [1.165, 1.54) is 31.1 Å². The SMILES string of the molecule is CCc1cc(C(F)(C(F)(F)F)C(F)(F)F)cc(Cl)c1NC(=O)c1cccc(N2Cc3ccccc3C2=O)c1OC. The number of methoxy groups -OCH3 is 1. The van der Waals surface area contributed by atoms with Crippen LogP contribution in [0.5, 0.6) is 5.75 Å². The van der Waals surface area contributed by atoms with Gasteiger partial charge < -0.3 is 15.0 Å². The number of halogens is 8. The Morgan fingerprint density at radius 1 is 1.00 bits per heavy atom. The van der Waals surface area contributed by atoms with Crippen LogP contribution in [0.1, 0.15) is 44.3 Å². The first-order chi connectivity index (χ1) is 18.7. The Kier molecular flexibility index (Phi) is 7.52. The van der Waals surface area contributed by atoms with Gasteiger partial charge >= 0.3 is 18.0 Å². The molecule has 5 nitrogen and oxygen atoms in total. The first-order valence-corrected chi connectivity index (χ1v) is 12.1. The molecule has 13 heteroatoms. The van der Waals surface area contributed by atoms with Gasteiger partial charge in [0.25, 0.3) is 11.8 Å². The standard InChI is InChI=1S/C27H20ClF7N2O3/c1-3-14-11-16(25(29,26(30,31)32)27(33,34)35)12-19(28)21(14)36-23(38)18-9-6-10-20(22(18)40-2)37-13-15-7-4-5-8-17(15)24(37)39/h4-12H,3,13H2,1-2H3,(H,36,38). The Bertz CT molecular complexity index is 1470. The summed E-state index contributed by atoms with van der Waals surface area (Å²) >= 11 is 6.03. The van der Waals surface area contributed by atoms with E-state index in [1.807, 2.05) is 0 Å². The molecule has 1 aliphatic heterocycles. The molecule has 0 fully saturated rings. The molecule has 1 heterocycles. The Hall–Kier alpha value is -3.80. The van der Waals surface area contributed by atoms with Gasteiger partial charge in [0.2, 0.25) is 0 Å². The first kappa shape index (κ1) is 29.2. The van der Waals surface area contributed by atoms with E-state index in [9.17, 15) is 40.3 Å². The molecular weight excluding hydrogens is 569 g/mol. The summed E-state index contributed by atoms with van der Waals surface area (Å²) in [6, 6.07) is 11.8. The molecule has 0 aromatic heterocycles. The van der Waals surface area contributed by atoms with Crippen LogP contribution in [-0.4, -0.2) is 31.3 Å². The third kappa shape index (κ3) is 4.74. The summed E-state index contributed by atoms with van der Waals surface area (Å²) < 4.78 is 99.9. The molecule has 0 radical (unpaired) electrons. The quantitative estimate of drug-likeness (QED) is 0.302. The van der Waals surface area contributed by atoms with E-state index < -0.39 is 34.5 Å². The minimum Gasteiger partial charge on any atom is -0.494 e. The van der Waals surface area contributed by atoms with Gasteiger partial charge in [-0.25, -0.2) is 4.39 Å². The predicted octanol–water partition coefficient (Wildman–Crippen LogP) is 7.61. The summed E-state index contributed by atoms with van der Waals surface area (Å²) in [4.78, 5) is 27.7. The van der Waals surface area contributed by atoms with Gasteiger partial charge in [0.05, 0.1) is 35.6 Å². The highest BCUT2D eigenvalue weighted by molar-refractivity contribution is 6.34. The monoisotopic (exact) mass is 588 g/mol. The van der Waals surface area contributed by atoms with Gasteiger partial charge in [-0.3, -0.25) is 9.59 Å². The van der Waals surface area contributed by atoms with Crippen LogP contribution in [0.4, 0.5) is 42.1 Å². The fourth-order valence-corrected chi connectivity index (χ4v) is 4.82. The zero-order valence-electron chi connectivity index (χ0n) is 20.8. The number of anilines is 2. The van der Waals surface area contributed by atoms with E-state index in [0.717, 1.165) is 5.56 Å². The second-order valence-corrected chi connectivity index (χ2v) is 9.27. The molecule has 0 bridgehead atoms. The maximum Gasteiger partial charge on any atom is 0.435 e. The highest BCUT2D eigenvalue weighted by Gasteiger charge is 2.73. The van der Waals surface area contributed by atoms with Crippen molar-refractivity contribution in [1.82, 2.24) is 0 Å². The van der Waals surface area contributed by atoms with Crippen molar-refractivity contribution < 1.29 is 45.1 Å². The van der Waals surface area contributed by atoms with E-state index in [2.05, 4.69) is 5.32 Å². The zero-order valence-corrected chi connectivity index (χ0v) is 21.6. The van der Waals surface area contributed by atoms with E-state index in [-0.39, 0.29) is 53.2 Å². The summed E-state index contributed by atoms with van der Waals surface area (Å²) in [6.07, 6.45) is -12.9. The van der Waals surface area contributed by atoms with Gasteiger partial charge in [-0.05, 0) is 47.9 Å². The van der Waals surface area contributed by atoms with Gasteiger partial charge in [-0.2, -0.15) is 26.3 Å². The van der Waals surface area contributed by atoms with Gasteiger partial charge in [0, 0.05) is 11.1 Å². The van der Waals surface area contributed by atoms with Crippen molar-refractivity contribution in [2.75, 3.05) is 17.3 Å². The van der Waals surface area contributed by atoms with Crippen molar-refractivity contribution in [3.63, 3.8) is 0 Å². The average Bonchev–Trinajstić information content (AvgIpc) is 3.23. The van der Waals surface area contributed by atoms with E-state index in [1.54, 1.807) is 30.3 Å². The number of carbonyl (C=O) groups is 2. The van der Waals surface area contributed by atoms with Crippen LogP contribution in [0.2, 0.25) is 5.02 Å². The number of benzene rings is 3. The van der Waals surface area contributed by atoms with Gasteiger partial charge in [-0.15, -0.1) is 0 Å². The number of carbonyl (C=O) groups excluding carboxylic acids is 2. The lowest BCUT2D eigenvalue weighted by Crippen LogP contribution is -2.50. The van der Waals surface area contributed by atoms with Gasteiger partial charge in [0.1, 0.15) is 0 Å². The molecule has 4 rings (SSSR count). The van der Waals surface area contributed by atoms with Crippen molar-refractivity contribution >= 4 is 34.8 Å². The molecule has 2 amide bonds. The minimum absolute atomic E-state index is 0.0103. The number of hydrogen-bond acceptors (Lipinski definition) is 3. The Labute approximate surface area is 228 Å². The van der Waals surface area contributed by atoms with E-state index in [4.69, 9.17) is 16.3 Å². The van der Waals surface area contributed by atoms with E-state index >= 15 is 0 Å². The number of amides is 2. The van der Waals surface area contributed by atoms with Crippen LogP contribution < -0.4 is 15.0 Å². The predicted molar refractivity (Wildman–Crippen MR) is 134 cm³/mol. The fraction of sp³-hybridized carbons (Fsp3) is 0.259. The number of hydrogen-bond donors (Lipinski definition) is 1. The van der Waals surface area contributed by atoms with Gasteiger partial charge in [0.15, 0.2) is 5.75 Å². The third-order valence-corrected chi connectivity index (χ3v) is 6.82. The van der Waals surface area contributed by atoms with Crippen molar-refractivity contribution in [3.8, 4) is 5.75 Å². The lowest BCUT2D eigenvalue weighted by atomic mass is 9.91. The van der Waals surface area contributed by atoms with Crippen LogP contribution in [0, 0.1) is 0 Å². The molecule has 0 saturated carbocycles. The number of nitrogens with zero attached hydrogens (tertiary/aromatic N) is 1. The molecule has 3 aromatic carbocycles. The highest BCUT2D eigenvalue weighted by Crippen LogP contribution is 2.54. The number of para-hydroxylation sites is 1. The Morgan fingerprint density at radius 3 is 2.23 bits per heavy atom. The Morgan fingerprint density at radius 2 is 1.65 bits per heavy atom. The second-order valence-electron chi connectivity index (χ2n) is 8.86. The molecule has 40 heavy (non-hydrogen) atoms. The molecule has 212 valence electrons. The van der Waals surface area contributed by atoms with E-state index in [0.29, 0.717) is 11.6 Å². The second kappa shape index (κ2) is 10.3. The fourth-order valence-electron chi connectivity index (χ4n) is 4.53. The average molecular weight is 589 g/mol. The normalized spacial score (nSPS) is 13.8. The third-order valence-electron chi connectivity index (χ3n) is 6.53. The summed E-state index contributed by atoms with van der Waals surface area (Å²) in [6.45, 7) is 1.58. The smallest absolute Gasteiger partial charge is 0.435 e. The molecule has 1 aliphatic rings. The molecule has 0 spiro atoms. The summed E-state index contributed by atoms with van der Waals surface area (Å²) in [5.74, 6) is -1.23. The van der Waals surface area contributed by atoms with Crippen LogP contribution in [-0.2, 0) is 18.6 Å². The van der Waals surface area contributed by atoms with Crippen LogP contribution >= 0.6 is 11.6 Å². The topological polar surface area (TPSA) is 58.6 Å². The number of ether oxygens (including phenoxy) is 1. The van der Waals surface area contributed by atoms with Crippen LogP contribution in [0.15, 0.2) is 54.6 Å². The molecule has 3 aromatic rings. The van der Waals surface area contributed by atoms with Crippen molar-refractivity contribution in [3.05, 3.63) is 87.4 Å². The van der Waals surface area contributed by atoms with Crippen LogP contribution in [0.3, 0.4) is 0 Å². The summed E-state index contributed by atoms with van der Waals surface area (Å²) in [7, 11) is 1.26. The Balaban J connectivity index is 1.72. The lowest BCUT2D eigenvalue weighted by Gasteiger charge is -2.31. The minimum atomic E-state index is -6.33. The molecule has 1 N–H and O–H groups in total. The number of rotatable bonds is 6. The largest absolute Gasteiger partial charge is 0.494 e. The number of aryl methyl sites for hydroxylation is 1. The zero-order chi connectivity index (χ0) is 29.6. The van der Waals surface area contributed by atoms with Crippen LogP contribution in [0.25, 0.3) is 0 Å². The summed E-state index contributed by atoms with van der Waals surface area (Å²) in [5, 5.41) is 1.65. The maximum absolute atomic E-state index is 14.7. The molecule has 0 unspecified atom stereocenters. The number of alkyl halides is 7. The molecule has 0 saturated heterocycles. The molecular formula is C27H20ClF7N2O3. The highest BCUT2D eigenvalue weighted by atomic mass is 35.5. The molecule has 0 atom stereocenters. The first-order valence-electron chi connectivity index (χ1n) is 11.7. The summed E-state index contributed by atoms with van der Waals surface area (Å²) in [5.41, 5.74) is -6.64. The van der Waals surface area contributed by atoms with Crippen molar-refractivity contribution in [2.24, 2.45) is 0 Å². The van der Waals surface area contributed by atoms with Crippen molar-refractivity contribution in [1.29, 1.82) is 0 Å². The van der Waals surface area contributed by atoms with Crippen molar-refractivity contribution in [2.45, 2.75) is 37.9 Å². The number of nitrogens with one attached hydrogen (secondary N) is 1.